The van der Waals surface area contributed by atoms with Crippen LogP contribution in [0.4, 0.5) is 13.2 Å². The van der Waals surface area contributed by atoms with Crippen molar-refractivity contribution < 1.29 is 17.9 Å². The Balaban J connectivity index is 1.72. The molecule has 1 atom stereocenters. The molecule has 0 spiro atoms. The molecule has 0 aliphatic carbocycles. The molecule has 152 valence electrons. The summed E-state index contributed by atoms with van der Waals surface area (Å²) in [7, 11) is 0. The number of benzene rings is 1. The molecule has 1 unspecified atom stereocenters. The maximum atomic E-state index is 12.0. The summed E-state index contributed by atoms with van der Waals surface area (Å²) in [5, 5.41) is 3.28. The van der Waals surface area contributed by atoms with E-state index in [-0.39, 0.29) is 6.61 Å². The van der Waals surface area contributed by atoms with Gasteiger partial charge in [0.05, 0.1) is 0 Å². The van der Waals surface area contributed by atoms with E-state index >= 15 is 0 Å². The number of halogens is 3. The summed E-state index contributed by atoms with van der Waals surface area (Å²) in [6.45, 7) is 4.03. The highest BCUT2D eigenvalue weighted by atomic mass is 32.2. The number of alkyl halides is 3. The zero-order valence-electron chi connectivity index (χ0n) is 15.7. The number of hydrogen-bond donors (Lipinski definition) is 1. The standard InChI is InChI=1S/C19H28F3N3OS/c1-2-23-18(24-10-6-12-26-15-19(20,21)22)25-11-9-16(13-25)14-27-17-7-4-3-5-8-17/h3-5,7-8,16H,2,6,9-15H2,1H3,(H,23,24). The van der Waals surface area contributed by atoms with Crippen molar-refractivity contribution in [3.63, 3.8) is 0 Å². The first-order valence-corrected chi connectivity index (χ1v) is 10.3. The lowest BCUT2D eigenvalue weighted by molar-refractivity contribution is -0.173. The molecule has 1 aromatic carbocycles. The van der Waals surface area contributed by atoms with Crippen molar-refractivity contribution in [1.82, 2.24) is 10.2 Å². The Labute approximate surface area is 163 Å². The lowest BCUT2D eigenvalue weighted by Gasteiger charge is -2.21. The number of hydrogen-bond acceptors (Lipinski definition) is 3. The lowest BCUT2D eigenvalue weighted by Crippen LogP contribution is -2.40. The van der Waals surface area contributed by atoms with Crippen molar-refractivity contribution in [2.75, 3.05) is 45.1 Å². The second-order valence-corrected chi connectivity index (χ2v) is 7.58. The Hall–Kier alpha value is -1.41. The summed E-state index contributed by atoms with van der Waals surface area (Å²) in [5.74, 6) is 2.53. The van der Waals surface area contributed by atoms with Crippen LogP contribution in [0.2, 0.25) is 0 Å². The number of aliphatic imine (C=N–C) groups is 1. The van der Waals surface area contributed by atoms with E-state index in [2.05, 4.69) is 44.2 Å². The molecule has 1 aromatic rings. The molecule has 0 amide bonds. The van der Waals surface area contributed by atoms with E-state index in [0.29, 0.717) is 18.9 Å². The fourth-order valence-corrected chi connectivity index (χ4v) is 3.91. The van der Waals surface area contributed by atoms with Gasteiger partial charge in [0.1, 0.15) is 6.61 Å². The van der Waals surface area contributed by atoms with E-state index in [1.807, 2.05) is 24.8 Å². The third-order valence-electron chi connectivity index (χ3n) is 4.12. The minimum absolute atomic E-state index is 0.0682. The lowest BCUT2D eigenvalue weighted by atomic mass is 10.2. The van der Waals surface area contributed by atoms with Gasteiger partial charge < -0.3 is 15.0 Å². The van der Waals surface area contributed by atoms with Crippen molar-refractivity contribution in [3.05, 3.63) is 30.3 Å². The van der Waals surface area contributed by atoms with Crippen molar-refractivity contribution in [1.29, 1.82) is 0 Å². The molecule has 1 heterocycles. The minimum atomic E-state index is -4.26. The number of likely N-dealkylation sites (tertiary alicyclic amines) is 1. The van der Waals surface area contributed by atoms with Gasteiger partial charge in [-0.15, -0.1) is 11.8 Å². The van der Waals surface area contributed by atoms with Crippen molar-refractivity contribution >= 4 is 17.7 Å². The molecule has 1 N–H and O–H groups in total. The molecule has 1 aliphatic heterocycles. The number of nitrogens with zero attached hydrogens (tertiary/aromatic N) is 2. The fourth-order valence-electron chi connectivity index (χ4n) is 2.86. The Morgan fingerprint density at radius 3 is 2.81 bits per heavy atom. The van der Waals surface area contributed by atoms with Crippen LogP contribution in [-0.2, 0) is 4.74 Å². The highest BCUT2D eigenvalue weighted by Crippen LogP contribution is 2.25. The summed E-state index contributed by atoms with van der Waals surface area (Å²) < 4.78 is 40.7. The van der Waals surface area contributed by atoms with Gasteiger partial charge in [-0.05, 0) is 37.8 Å². The van der Waals surface area contributed by atoms with Gasteiger partial charge in [-0.2, -0.15) is 13.2 Å². The van der Waals surface area contributed by atoms with Crippen LogP contribution in [0, 0.1) is 5.92 Å². The Morgan fingerprint density at radius 2 is 2.11 bits per heavy atom. The minimum Gasteiger partial charge on any atom is -0.372 e. The second-order valence-electron chi connectivity index (χ2n) is 6.48. The first kappa shape index (κ1) is 21.9. The van der Waals surface area contributed by atoms with E-state index in [1.54, 1.807) is 0 Å². The molecule has 27 heavy (non-hydrogen) atoms. The number of ether oxygens (including phenoxy) is 1. The van der Waals surface area contributed by atoms with E-state index < -0.39 is 12.8 Å². The van der Waals surface area contributed by atoms with Gasteiger partial charge in [0.2, 0.25) is 0 Å². The van der Waals surface area contributed by atoms with Crippen LogP contribution in [0.5, 0.6) is 0 Å². The molecule has 0 bridgehead atoms. The topological polar surface area (TPSA) is 36.9 Å². The monoisotopic (exact) mass is 403 g/mol. The summed E-state index contributed by atoms with van der Waals surface area (Å²) in [6, 6.07) is 10.4. The molecule has 0 aromatic heterocycles. The Morgan fingerprint density at radius 1 is 1.33 bits per heavy atom. The van der Waals surface area contributed by atoms with E-state index in [1.165, 1.54) is 4.90 Å². The van der Waals surface area contributed by atoms with Crippen LogP contribution in [0.1, 0.15) is 19.8 Å². The molecule has 2 rings (SSSR count). The highest BCUT2D eigenvalue weighted by molar-refractivity contribution is 7.99. The van der Waals surface area contributed by atoms with Crippen molar-refractivity contribution in [2.24, 2.45) is 10.9 Å². The largest absolute Gasteiger partial charge is 0.411 e. The average molecular weight is 404 g/mol. The number of nitrogens with one attached hydrogen (secondary N) is 1. The van der Waals surface area contributed by atoms with Crippen LogP contribution in [0.3, 0.4) is 0 Å². The molecule has 4 nitrogen and oxygen atoms in total. The summed E-state index contributed by atoms with van der Waals surface area (Å²) in [5.41, 5.74) is 0. The maximum absolute atomic E-state index is 12.0. The third kappa shape index (κ3) is 8.88. The Kier molecular flexibility index (Phi) is 9.27. The van der Waals surface area contributed by atoms with Gasteiger partial charge >= 0.3 is 6.18 Å². The summed E-state index contributed by atoms with van der Waals surface area (Å²) in [4.78, 5) is 8.08. The van der Waals surface area contributed by atoms with Gasteiger partial charge in [0, 0.05) is 43.4 Å². The van der Waals surface area contributed by atoms with Crippen molar-refractivity contribution in [3.8, 4) is 0 Å². The van der Waals surface area contributed by atoms with Crippen LogP contribution >= 0.6 is 11.8 Å². The van der Waals surface area contributed by atoms with Gasteiger partial charge in [-0.25, -0.2) is 0 Å². The second kappa shape index (κ2) is 11.4. The Bertz CT molecular complexity index is 569. The number of thioether (sulfide) groups is 1. The number of guanidine groups is 1. The first-order valence-electron chi connectivity index (χ1n) is 9.33. The predicted molar refractivity (Wildman–Crippen MR) is 104 cm³/mol. The van der Waals surface area contributed by atoms with E-state index in [4.69, 9.17) is 0 Å². The van der Waals surface area contributed by atoms with E-state index in [0.717, 1.165) is 37.8 Å². The average Bonchev–Trinajstić information content (AvgIpc) is 3.11. The van der Waals surface area contributed by atoms with E-state index in [9.17, 15) is 13.2 Å². The van der Waals surface area contributed by atoms with Gasteiger partial charge in [0.25, 0.3) is 0 Å². The SMILES string of the molecule is CCNC(=NCCCOCC(F)(F)F)N1CCC(CSc2ccccc2)C1. The molecule has 0 radical (unpaired) electrons. The highest BCUT2D eigenvalue weighted by Gasteiger charge is 2.27. The van der Waals surface area contributed by atoms with Crippen LogP contribution in [0.15, 0.2) is 40.2 Å². The van der Waals surface area contributed by atoms with Gasteiger partial charge in [0.15, 0.2) is 5.96 Å². The van der Waals surface area contributed by atoms with Crippen LogP contribution < -0.4 is 5.32 Å². The molecular weight excluding hydrogens is 375 g/mol. The zero-order valence-corrected chi connectivity index (χ0v) is 16.5. The predicted octanol–water partition coefficient (Wildman–Crippen LogP) is 4.04. The van der Waals surface area contributed by atoms with Gasteiger partial charge in [-0.1, -0.05) is 18.2 Å². The molecule has 8 heteroatoms. The summed E-state index contributed by atoms with van der Waals surface area (Å²) >= 11 is 1.88. The number of rotatable bonds is 9. The van der Waals surface area contributed by atoms with Gasteiger partial charge in [-0.3, -0.25) is 4.99 Å². The quantitative estimate of drug-likeness (QED) is 0.292. The molecule has 0 saturated carbocycles. The summed E-state index contributed by atoms with van der Waals surface area (Å²) in [6.07, 6.45) is -2.66. The maximum Gasteiger partial charge on any atom is 0.411 e. The first-order chi connectivity index (χ1) is 13.0. The van der Waals surface area contributed by atoms with Crippen LogP contribution in [0.25, 0.3) is 0 Å². The molecular formula is C19H28F3N3OS. The third-order valence-corrected chi connectivity index (χ3v) is 5.37. The zero-order chi connectivity index (χ0) is 19.5. The molecule has 1 saturated heterocycles. The normalized spacial score (nSPS) is 18.1. The van der Waals surface area contributed by atoms with Crippen molar-refractivity contribution in [2.45, 2.75) is 30.8 Å². The molecule has 1 aliphatic rings. The van der Waals surface area contributed by atoms with Crippen LogP contribution in [-0.4, -0.2) is 62.2 Å². The molecule has 1 fully saturated rings. The smallest absolute Gasteiger partial charge is 0.372 e. The fraction of sp³-hybridized carbons (Fsp3) is 0.632.